The molecule has 3 nitrogen and oxygen atoms in total. The van der Waals surface area contributed by atoms with Crippen molar-refractivity contribution in [3.8, 4) is 11.5 Å². The lowest BCUT2D eigenvalue weighted by Crippen LogP contribution is -2.33. The molecule has 1 rings (SSSR count). The average molecular weight is 237 g/mol. The minimum atomic E-state index is 0.0353. The summed E-state index contributed by atoms with van der Waals surface area (Å²) in [6.07, 6.45) is 0. The molecule has 0 aliphatic carbocycles. The van der Waals surface area contributed by atoms with Crippen LogP contribution in [0.5, 0.6) is 11.5 Å². The summed E-state index contributed by atoms with van der Waals surface area (Å²) in [6.45, 7) is 8.43. The number of likely N-dealkylation sites (N-methyl/N-ethyl adjacent to an activating group) is 1. The molecule has 0 bridgehead atoms. The zero-order valence-corrected chi connectivity index (χ0v) is 11.5. The number of hydrogen-bond donors (Lipinski definition) is 1. The van der Waals surface area contributed by atoms with E-state index < -0.39 is 0 Å². The third-order valence-electron chi connectivity index (χ3n) is 2.95. The molecule has 0 aromatic heterocycles. The summed E-state index contributed by atoms with van der Waals surface area (Å²) in [6, 6.07) is 5.99. The van der Waals surface area contributed by atoms with Gasteiger partial charge in [-0.3, -0.25) is 0 Å². The molecule has 0 spiro atoms. The van der Waals surface area contributed by atoms with Crippen molar-refractivity contribution in [3.63, 3.8) is 0 Å². The molecular formula is C14H23NO2. The first-order valence-electron chi connectivity index (χ1n) is 5.98. The molecule has 1 aromatic carbocycles. The van der Waals surface area contributed by atoms with Gasteiger partial charge in [-0.05, 0) is 12.6 Å². The van der Waals surface area contributed by atoms with Gasteiger partial charge in [0.25, 0.3) is 0 Å². The first-order valence-corrected chi connectivity index (χ1v) is 5.98. The number of ether oxygens (including phenoxy) is 2. The molecule has 0 aliphatic heterocycles. The lowest BCUT2D eigenvalue weighted by atomic mass is 9.84. The minimum absolute atomic E-state index is 0.0353. The van der Waals surface area contributed by atoms with Gasteiger partial charge >= 0.3 is 0 Å². The normalized spacial score (nSPS) is 11.4. The lowest BCUT2D eigenvalue weighted by molar-refractivity contribution is 0.375. The van der Waals surface area contributed by atoms with Crippen LogP contribution in [0.4, 0.5) is 0 Å². The van der Waals surface area contributed by atoms with Crippen molar-refractivity contribution in [2.75, 3.05) is 27.3 Å². The van der Waals surface area contributed by atoms with E-state index in [4.69, 9.17) is 9.47 Å². The van der Waals surface area contributed by atoms with Crippen LogP contribution in [-0.4, -0.2) is 27.3 Å². The van der Waals surface area contributed by atoms with Gasteiger partial charge < -0.3 is 14.8 Å². The molecule has 0 aliphatic rings. The Morgan fingerprint density at radius 1 is 1.18 bits per heavy atom. The maximum Gasteiger partial charge on any atom is 0.126 e. The maximum absolute atomic E-state index is 5.45. The highest BCUT2D eigenvalue weighted by molar-refractivity contribution is 5.44. The fraction of sp³-hybridized carbons (Fsp3) is 0.571. The van der Waals surface area contributed by atoms with Crippen LogP contribution in [0.1, 0.15) is 26.3 Å². The highest BCUT2D eigenvalue weighted by Crippen LogP contribution is 2.33. The Morgan fingerprint density at radius 3 is 2.41 bits per heavy atom. The predicted octanol–water partition coefficient (Wildman–Crippen LogP) is 2.59. The van der Waals surface area contributed by atoms with Crippen LogP contribution < -0.4 is 14.8 Å². The Labute approximate surface area is 104 Å². The molecule has 3 heteroatoms. The molecule has 0 radical (unpaired) electrons. The van der Waals surface area contributed by atoms with E-state index in [9.17, 15) is 0 Å². The van der Waals surface area contributed by atoms with Crippen molar-refractivity contribution in [2.45, 2.75) is 26.2 Å². The van der Waals surface area contributed by atoms with Crippen molar-refractivity contribution >= 4 is 0 Å². The van der Waals surface area contributed by atoms with E-state index in [1.54, 1.807) is 14.2 Å². The van der Waals surface area contributed by atoms with Gasteiger partial charge in [0.15, 0.2) is 0 Å². The van der Waals surface area contributed by atoms with Crippen molar-refractivity contribution in [1.82, 2.24) is 5.32 Å². The number of rotatable bonds is 6. The van der Waals surface area contributed by atoms with Crippen LogP contribution in [0, 0.1) is 0 Å². The summed E-state index contributed by atoms with van der Waals surface area (Å²) >= 11 is 0. The number of methoxy groups -OCH3 is 2. The molecule has 96 valence electrons. The van der Waals surface area contributed by atoms with Crippen molar-refractivity contribution in [1.29, 1.82) is 0 Å². The van der Waals surface area contributed by atoms with Crippen LogP contribution in [0.15, 0.2) is 18.2 Å². The van der Waals surface area contributed by atoms with Crippen molar-refractivity contribution < 1.29 is 9.47 Å². The van der Waals surface area contributed by atoms with Crippen molar-refractivity contribution in [2.24, 2.45) is 0 Å². The fourth-order valence-electron chi connectivity index (χ4n) is 1.89. The first-order chi connectivity index (χ1) is 8.05. The van der Waals surface area contributed by atoms with Crippen molar-refractivity contribution in [3.05, 3.63) is 23.8 Å². The van der Waals surface area contributed by atoms with E-state index in [2.05, 4.69) is 32.2 Å². The second-order valence-electron chi connectivity index (χ2n) is 4.73. The van der Waals surface area contributed by atoms with Gasteiger partial charge in [-0.2, -0.15) is 0 Å². The van der Waals surface area contributed by atoms with E-state index in [1.807, 2.05) is 12.1 Å². The van der Waals surface area contributed by atoms with Gasteiger partial charge in [-0.15, -0.1) is 0 Å². The summed E-state index contributed by atoms with van der Waals surface area (Å²) in [5.41, 5.74) is 1.23. The van der Waals surface area contributed by atoms with Gasteiger partial charge in [-0.25, -0.2) is 0 Å². The first kappa shape index (κ1) is 13.8. The van der Waals surface area contributed by atoms with Gasteiger partial charge in [0.2, 0.25) is 0 Å². The molecular weight excluding hydrogens is 214 g/mol. The van der Waals surface area contributed by atoms with E-state index in [0.717, 1.165) is 24.6 Å². The monoisotopic (exact) mass is 237 g/mol. The summed E-state index contributed by atoms with van der Waals surface area (Å²) < 4.78 is 10.7. The largest absolute Gasteiger partial charge is 0.497 e. The Hall–Kier alpha value is -1.22. The standard InChI is InChI=1S/C14H23NO2/c1-6-15-10-14(2,3)12-8-7-11(16-4)9-13(12)17-5/h7-9,15H,6,10H2,1-5H3. The Morgan fingerprint density at radius 2 is 1.88 bits per heavy atom. The summed E-state index contributed by atoms with van der Waals surface area (Å²) in [5, 5.41) is 3.38. The Balaban J connectivity index is 3.03. The molecule has 0 saturated heterocycles. The molecule has 17 heavy (non-hydrogen) atoms. The molecule has 0 saturated carbocycles. The minimum Gasteiger partial charge on any atom is -0.497 e. The highest BCUT2D eigenvalue weighted by atomic mass is 16.5. The van der Waals surface area contributed by atoms with Crippen LogP contribution >= 0.6 is 0 Å². The maximum atomic E-state index is 5.45. The molecule has 0 atom stereocenters. The molecule has 1 aromatic rings. The van der Waals surface area contributed by atoms with E-state index in [-0.39, 0.29) is 5.41 Å². The van der Waals surface area contributed by atoms with Gasteiger partial charge in [-0.1, -0.05) is 26.8 Å². The van der Waals surface area contributed by atoms with Crippen LogP contribution in [0.3, 0.4) is 0 Å². The molecule has 0 fully saturated rings. The fourth-order valence-corrected chi connectivity index (χ4v) is 1.89. The lowest BCUT2D eigenvalue weighted by Gasteiger charge is -2.27. The van der Waals surface area contributed by atoms with Crippen LogP contribution in [-0.2, 0) is 5.41 Å². The van der Waals surface area contributed by atoms with E-state index in [1.165, 1.54) is 5.56 Å². The Bertz CT molecular complexity index is 361. The second kappa shape index (κ2) is 5.92. The van der Waals surface area contributed by atoms with Crippen LogP contribution in [0.25, 0.3) is 0 Å². The molecule has 0 heterocycles. The highest BCUT2D eigenvalue weighted by Gasteiger charge is 2.24. The number of hydrogen-bond acceptors (Lipinski definition) is 3. The smallest absolute Gasteiger partial charge is 0.126 e. The van der Waals surface area contributed by atoms with Gasteiger partial charge in [0.05, 0.1) is 14.2 Å². The predicted molar refractivity (Wildman–Crippen MR) is 71.1 cm³/mol. The molecule has 1 N–H and O–H groups in total. The number of nitrogens with one attached hydrogen (secondary N) is 1. The quantitative estimate of drug-likeness (QED) is 0.825. The molecule has 0 unspecified atom stereocenters. The van der Waals surface area contributed by atoms with Crippen LogP contribution in [0.2, 0.25) is 0 Å². The summed E-state index contributed by atoms with van der Waals surface area (Å²) in [7, 11) is 3.36. The van der Waals surface area contributed by atoms with E-state index in [0.29, 0.717) is 0 Å². The summed E-state index contributed by atoms with van der Waals surface area (Å²) in [5.74, 6) is 1.71. The SMILES string of the molecule is CCNCC(C)(C)c1ccc(OC)cc1OC. The second-order valence-corrected chi connectivity index (χ2v) is 4.73. The van der Waals surface area contributed by atoms with Gasteiger partial charge in [0.1, 0.15) is 11.5 Å². The third kappa shape index (κ3) is 3.37. The Kier molecular flexibility index (Phi) is 4.82. The summed E-state index contributed by atoms with van der Waals surface area (Å²) in [4.78, 5) is 0. The third-order valence-corrected chi connectivity index (χ3v) is 2.95. The average Bonchev–Trinajstić information content (AvgIpc) is 2.35. The zero-order chi connectivity index (χ0) is 12.9. The van der Waals surface area contributed by atoms with E-state index >= 15 is 0 Å². The van der Waals surface area contributed by atoms with Gasteiger partial charge in [0, 0.05) is 23.6 Å². The number of benzene rings is 1. The topological polar surface area (TPSA) is 30.5 Å². The zero-order valence-electron chi connectivity index (χ0n) is 11.5. The molecule has 0 amide bonds.